The van der Waals surface area contributed by atoms with E-state index in [2.05, 4.69) is 4.90 Å². The molecule has 1 aromatic carbocycles. The molecule has 0 bridgehead atoms. The molecule has 3 rings (SSSR count). The van der Waals surface area contributed by atoms with Crippen molar-refractivity contribution in [2.24, 2.45) is 0 Å². The Kier molecular flexibility index (Phi) is 2.85. The molecule has 3 heteroatoms. The van der Waals surface area contributed by atoms with Crippen LogP contribution in [-0.4, -0.2) is 35.9 Å². The van der Waals surface area contributed by atoms with E-state index in [0.29, 0.717) is 24.7 Å². The maximum absolute atomic E-state index is 11.4. The van der Waals surface area contributed by atoms with Crippen molar-refractivity contribution < 1.29 is 9.53 Å². The van der Waals surface area contributed by atoms with E-state index in [-0.39, 0.29) is 6.10 Å². The van der Waals surface area contributed by atoms with Crippen molar-refractivity contribution in [1.82, 2.24) is 4.90 Å². The minimum absolute atomic E-state index is 0.244. The van der Waals surface area contributed by atoms with Crippen LogP contribution in [0, 0.1) is 0 Å². The molecule has 3 nitrogen and oxygen atoms in total. The fourth-order valence-electron chi connectivity index (χ4n) is 2.83. The summed E-state index contributed by atoms with van der Waals surface area (Å²) in [4.78, 5) is 13.8. The average molecular weight is 231 g/mol. The molecule has 0 radical (unpaired) electrons. The molecule has 90 valence electrons. The number of benzene rings is 1. The van der Waals surface area contributed by atoms with Gasteiger partial charge in [0.1, 0.15) is 17.6 Å². The molecule has 2 saturated heterocycles. The van der Waals surface area contributed by atoms with E-state index in [1.165, 1.54) is 0 Å². The number of carbonyl (C=O) groups excluding carboxylic acids is 1. The van der Waals surface area contributed by atoms with Crippen LogP contribution in [0.15, 0.2) is 30.3 Å². The summed E-state index contributed by atoms with van der Waals surface area (Å²) in [6.07, 6.45) is 2.66. The van der Waals surface area contributed by atoms with Crippen molar-refractivity contribution in [2.75, 3.05) is 13.1 Å². The van der Waals surface area contributed by atoms with Crippen LogP contribution >= 0.6 is 0 Å². The van der Waals surface area contributed by atoms with E-state index in [9.17, 15) is 4.79 Å². The monoisotopic (exact) mass is 231 g/mol. The van der Waals surface area contributed by atoms with E-state index in [0.717, 1.165) is 25.3 Å². The third-order valence-electron chi connectivity index (χ3n) is 3.68. The van der Waals surface area contributed by atoms with Crippen LogP contribution < -0.4 is 4.74 Å². The summed E-state index contributed by atoms with van der Waals surface area (Å²) in [7, 11) is 0. The number of hydrogen-bond donors (Lipinski definition) is 0. The normalized spacial score (nSPS) is 29.1. The van der Waals surface area contributed by atoms with Crippen molar-refractivity contribution in [1.29, 1.82) is 0 Å². The SMILES string of the molecule is O=C1CCN2C[C@@H](Oc3ccccc3)C[C@H]2C1. The molecule has 0 N–H and O–H groups in total. The van der Waals surface area contributed by atoms with Gasteiger partial charge in [0.05, 0.1) is 0 Å². The molecule has 0 aromatic heterocycles. The minimum Gasteiger partial charge on any atom is -0.489 e. The number of piperidine rings is 1. The second-order valence-corrected chi connectivity index (χ2v) is 4.93. The summed E-state index contributed by atoms with van der Waals surface area (Å²) in [5, 5.41) is 0. The standard InChI is InChI=1S/C14H17NO2/c16-12-6-7-15-10-14(9-11(15)8-12)17-13-4-2-1-3-5-13/h1-5,11,14H,6-10H2/t11-,14+/m1/s1. The summed E-state index contributed by atoms with van der Waals surface area (Å²) < 4.78 is 5.95. The third-order valence-corrected chi connectivity index (χ3v) is 3.68. The molecule has 2 fully saturated rings. The van der Waals surface area contributed by atoms with E-state index in [4.69, 9.17) is 4.74 Å². The lowest BCUT2D eigenvalue weighted by molar-refractivity contribution is -0.122. The smallest absolute Gasteiger partial charge is 0.135 e. The summed E-state index contributed by atoms with van der Waals surface area (Å²) in [5.74, 6) is 1.34. The first-order chi connectivity index (χ1) is 8.31. The van der Waals surface area contributed by atoms with Crippen molar-refractivity contribution in [3.63, 3.8) is 0 Å². The maximum atomic E-state index is 11.4. The van der Waals surface area contributed by atoms with Crippen molar-refractivity contribution in [2.45, 2.75) is 31.4 Å². The number of ether oxygens (including phenoxy) is 1. The van der Waals surface area contributed by atoms with E-state index in [1.54, 1.807) is 0 Å². The van der Waals surface area contributed by atoms with Gasteiger partial charge in [0.2, 0.25) is 0 Å². The molecule has 2 heterocycles. The Morgan fingerprint density at radius 2 is 2.06 bits per heavy atom. The van der Waals surface area contributed by atoms with Crippen LogP contribution in [0.3, 0.4) is 0 Å². The zero-order chi connectivity index (χ0) is 11.7. The number of nitrogens with zero attached hydrogens (tertiary/aromatic N) is 1. The molecule has 0 saturated carbocycles. The molecule has 0 amide bonds. The first-order valence-electron chi connectivity index (χ1n) is 6.29. The second kappa shape index (κ2) is 4.49. The maximum Gasteiger partial charge on any atom is 0.135 e. The number of carbonyl (C=O) groups is 1. The Labute approximate surface area is 101 Å². The lowest BCUT2D eigenvalue weighted by Gasteiger charge is -2.27. The van der Waals surface area contributed by atoms with E-state index >= 15 is 0 Å². The van der Waals surface area contributed by atoms with Crippen LogP contribution in [0.25, 0.3) is 0 Å². The lowest BCUT2D eigenvalue weighted by atomic mass is 10.0. The second-order valence-electron chi connectivity index (χ2n) is 4.93. The third kappa shape index (κ3) is 2.34. The molecule has 2 aliphatic heterocycles. The summed E-state index contributed by atoms with van der Waals surface area (Å²) in [6, 6.07) is 10.4. The fraction of sp³-hybridized carbons (Fsp3) is 0.500. The first-order valence-corrected chi connectivity index (χ1v) is 6.29. The molecule has 2 aliphatic rings. The van der Waals surface area contributed by atoms with Crippen molar-refractivity contribution >= 4 is 5.78 Å². The van der Waals surface area contributed by atoms with Crippen LogP contribution in [0.5, 0.6) is 5.75 Å². The molecule has 1 aromatic rings. The number of rotatable bonds is 2. The number of ketones is 1. The van der Waals surface area contributed by atoms with Gasteiger partial charge in [-0.25, -0.2) is 0 Å². The molecule has 0 aliphatic carbocycles. The van der Waals surface area contributed by atoms with Crippen molar-refractivity contribution in [3.05, 3.63) is 30.3 Å². The van der Waals surface area contributed by atoms with Gasteiger partial charge in [-0.1, -0.05) is 18.2 Å². The molecule has 2 atom stereocenters. The zero-order valence-corrected chi connectivity index (χ0v) is 9.84. The van der Waals surface area contributed by atoms with Gasteiger partial charge in [-0.2, -0.15) is 0 Å². The number of para-hydroxylation sites is 1. The fourth-order valence-corrected chi connectivity index (χ4v) is 2.83. The van der Waals surface area contributed by atoms with Gasteiger partial charge < -0.3 is 4.74 Å². The van der Waals surface area contributed by atoms with Gasteiger partial charge in [-0.05, 0) is 12.1 Å². The highest BCUT2D eigenvalue weighted by molar-refractivity contribution is 5.80. The Balaban J connectivity index is 1.62. The first kappa shape index (κ1) is 10.8. The summed E-state index contributed by atoms with van der Waals surface area (Å²) in [5.41, 5.74) is 0. The highest BCUT2D eigenvalue weighted by atomic mass is 16.5. The van der Waals surface area contributed by atoms with Crippen molar-refractivity contribution in [3.8, 4) is 5.75 Å². The predicted octanol–water partition coefficient (Wildman–Crippen LogP) is 1.87. The minimum atomic E-state index is 0.244. The lowest BCUT2D eigenvalue weighted by Crippen LogP contribution is -2.38. The molecular formula is C14H17NO2. The predicted molar refractivity (Wildman–Crippen MR) is 65.1 cm³/mol. The number of Topliss-reactive ketones (excluding diaryl/α,β-unsaturated/α-hetero) is 1. The highest BCUT2D eigenvalue weighted by Crippen LogP contribution is 2.28. The largest absolute Gasteiger partial charge is 0.489 e. The van der Waals surface area contributed by atoms with Gasteiger partial charge in [-0.3, -0.25) is 9.69 Å². The van der Waals surface area contributed by atoms with Gasteiger partial charge in [0.15, 0.2) is 0 Å². The molecule has 0 unspecified atom stereocenters. The number of hydrogen-bond acceptors (Lipinski definition) is 3. The summed E-state index contributed by atoms with van der Waals surface area (Å²) in [6.45, 7) is 1.88. The van der Waals surface area contributed by atoms with Crippen LogP contribution in [0.1, 0.15) is 19.3 Å². The van der Waals surface area contributed by atoms with Crippen LogP contribution in [0.4, 0.5) is 0 Å². The van der Waals surface area contributed by atoms with Crippen LogP contribution in [0.2, 0.25) is 0 Å². The van der Waals surface area contributed by atoms with Crippen LogP contribution in [-0.2, 0) is 4.79 Å². The summed E-state index contributed by atoms with van der Waals surface area (Å²) >= 11 is 0. The van der Waals surface area contributed by atoms with Gasteiger partial charge in [0.25, 0.3) is 0 Å². The Morgan fingerprint density at radius 3 is 2.88 bits per heavy atom. The topological polar surface area (TPSA) is 29.5 Å². The molecular weight excluding hydrogens is 214 g/mol. The molecule has 17 heavy (non-hydrogen) atoms. The van der Waals surface area contributed by atoms with E-state index in [1.807, 2.05) is 30.3 Å². The molecule has 0 spiro atoms. The average Bonchev–Trinajstić information content (AvgIpc) is 2.71. The zero-order valence-electron chi connectivity index (χ0n) is 9.84. The van der Waals surface area contributed by atoms with E-state index < -0.39 is 0 Å². The highest BCUT2D eigenvalue weighted by Gasteiger charge is 2.37. The van der Waals surface area contributed by atoms with Gasteiger partial charge in [0, 0.05) is 38.4 Å². The van der Waals surface area contributed by atoms with Gasteiger partial charge >= 0.3 is 0 Å². The Bertz CT molecular complexity index is 404. The Morgan fingerprint density at radius 1 is 1.24 bits per heavy atom. The number of fused-ring (bicyclic) bond motifs is 1. The Hall–Kier alpha value is -1.35. The quantitative estimate of drug-likeness (QED) is 0.778. The van der Waals surface area contributed by atoms with Gasteiger partial charge in [-0.15, -0.1) is 0 Å².